The van der Waals surface area contributed by atoms with E-state index in [-0.39, 0.29) is 17.8 Å². The standard InChI is InChI=1S/C14H25NO3/c1-2-3-7-13(16)15-10-12-11-17-14(18-12)8-5-4-6-9-14/h12H,2-11H2,1H3,(H,15,16)/t12-/m1/s1. The molecule has 1 atom stereocenters. The summed E-state index contributed by atoms with van der Waals surface area (Å²) in [6.07, 6.45) is 8.35. The van der Waals surface area contributed by atoms with E-state index in [9.17, 15) is 4.79 Å². The summed E-state index contributed by atoms with van der Waals surface area (Å²) in [6, 6.07) is 0. The Labute approximate surface area is 109 Å². The van der Waals surface area contributed by atoms with Gasteiger partial charge in [-0.15, -0.1) is 0 Å². The maximum atomic E-state index is 11.5. The van der Waals surface area contributed by atoms with E-state index in [1.54, 1.807) is 0 Å². The van der Waals surface area contributed by atoms with Crippen molar-refractivity contribution >= 4 is 5.91 Å². The van der Waals surface area contributed by atoms with Crippen molar-refractivity contribution in [2.45, 2.75) is 70.2 Å². The maximum Gasteiger partial charge on any atom is 0.220 e. The van der Waals surface area contributed by atoms with E-state index >= 15 is 0 Å². The zero-order valence-corrected chi connectivity index (χ0v) is 11.4. The lowest BCUT2D eigenvalue weighted by Gasteiger charge is -2.31. The van der Waals surface area contributed by atoms with Crippen LogP contribution in [0.1, 0.15) is 58.3 Å². The summed E-state index contributed by atoms with van der Waals surface area (Å²) in [6.45, 7) is 3.30. The molecule has 2 rings (SSSR count). The first-order valence-electron chi connectivity index (χ1n) is 7.32. The minimum Gasteiger partial charge on any atom is -0.353 e. The van der Waals surface area contributed by atoms with Gasteiger partial charge in [0.2, 0.25) is 5.91 Å². The fourth-order valence-corrected chi connectivity index (χ4v) is 2.72. The molecule has 4 heteroatoms. The van der Waals surface area contributed by atoms with Crippen LogP contribution in [0.25, 0.3) is 0 Å². The molecular weight excluding hydrogens is 230 g/mol. The van der Waals surface area contributed by atoms with Crippen LogP contribution in [-0.2, 0) is 14.3 Å². The summed E-state index contributed by atoms with van der Waals surface area (Å²) in [4.78, 5) is 11.5. The highest BCUT2D eigenvalue weighted by Crippen LogP contribution is 2.37. The van der Waals surface area contributed by atoms with Gasteiger partial charge in [-0.25, -0.2) is 0 Å². The van der Waals surface area contributed by atoms with Crippen molar-refractivity contribution in [3.8, 4) is 0 Å². The number of hydrogen-bond donors (Lipinski definition) is 1. The number of hydrogen-bond acceptors (Lipinski definition) is 3. The summed E-state index contributed by atoms with van der Waals surface area (Å²) in [5, 5.41) is 2.94. The predicted molar refractivity (Wildman–Crippen MR) is 69.2 cm³/mol. The first kappa shape index (κ1) is 13.8. The highest BCUT2D eigenvalue weighted by Gasteiger charge is 2.42. The molecule has 2 fully saturated rings. The lowest BCUT2D eigenvalue weighted by molar-refractivity contribution is -0.186. The van der Waals surface area contributed by atoms with Gasteiger partial charge in [0, 0.05) is 25.8 Å². The Morgan fingerprint density at radius 1 is 1.33 bits per heavy atom. The predicted octanol–water partition coefficient (Wildman–Crippen LogP) is 2.37. The zero-order valence-electron chi connectivity index (χ0n) is 11.4. The van der Waals surface area contributed by atoms with Crippen LogP contribution in [0.4, 0.5) is 0 Å². The van der Waals surface area contributed by atoms with Crippen LogP contribution in [0.3, 0.4) is 0 Å². The molecule has 2 aliphatic rings. The molecule has 1 amide bonds. The van der Waals surface area contributed by atoms with Gasteiger partial charge in [0.1, 0.15) is 6.10 Å². The summed E-state index contributed by atoms with van der Waals surface area (Å²) in [7, 11) is 0. The first-order chi connectivity index (χ1) is 8.74. The molecule has 1 saturated heterocycles. The third-order valence-electron chi connectivity index (χ3n) is 3.81. The van der Waals surface area contributed by atoms with E-state index in [0.717, 1.165) is 25.7 Å². The third kappa shape index (κ3) is 3.69. The highest BCUT2D eigenvalue weighted by atomic mass is 16.7. The summed E-state index contributed by atoms with van der Waals surface area (Å²) >= 11 is 0. The van der Waals surface area contributed by atoms with Crippen molar-refractivity contribution in [3.05, 3.63) is 0 Å². The Bertz CT molecular complexity index is 274. The van der Waals surface area contributed by atoms with Crippen molar-refractivity contribution in [1.29, 1.82) is 0 Å². The quantitative estimate of drug-likeness (QED) is 0.820. The molecule has 1 aliphatic heterocycles. The van der Waals surface area contributed by atoms with Crippen LogP contribution in [0.5, 0.6) is 0 Å². The Kier molecular flexibility index (Phi) is 5.01. The lowest BCUT2D eigenvalue weighted by atomic mass is 9.94. The number of carbonyl (C=O) groups excluding carboxylic acids is 1. The fourth-order valence-electron chi connectivity index (χ4n) is 2.72. The van der Waals surface area contributed by atoms with E-state index in [0.29, 0.717) is 19.6 Å². The molecule has 0 bridgehead atoms. The Morgan fingerprint density at radius 2 is 2.11 bits per heavy atom. The van der Waals surface area contributed by atoms with Crippen molar-refractivity contribution in [2.75, 3.05) is 13.2 Å². The number of nitrogens with one attached hydrogen (secondary N) is 1. The van der Waals surface area contributed by atoms with Gasteiger partial charge in [-0.05, 0) is 19.3 Å². The molecule has 1 aliphatic carbocycles. The number of amides is 1. The highest BCUT2D eigenvalue weighted by molar-refractivity contribution is 5.75. The van der Waals surface area contributed by atoms with Crippen LogP contribution < -0.4 is 5.32 Å². The van der Waals surface area contributed by atoms with E-state index in [1.807, 2.05) is 0 Å². The minimum atomic E-state index is -0.322. The van der Waals surface area contributed by atoms with Gasteiger partial charge in [-0.1, -0.05) is 19.8 Å². The Morgan fingerprint density at radius 3 is 2.83 bits per heavy atom. The van der Waals surface area contributed by atoms with E-state index in [1.165, 1.54) is 19.3 Å². The maximum absolute atomic E-state index is 11.5. The summed E-state index contributed by atoms with van der Waals surface area (Å²) < 4.78 is 11.8. The minimum absolute atomic E-state index is 0.0358. The molecular formula is C14H25NO3. The second-order valence-corrected chi connectivity index (χ2v) is 5.43. The number of carbonyl (C=O) groups is 1. The van der Waals surface area contributed by atoms with Crippen LogP contribution in [0, 0.1) is 0 Å². The van der Waals surface area contributed by atoms with E-state index in [4.69, 9.17) is 9.47 Å². The Hall–Kier alpha value is -0.610. The largest absolute Gasteiger partial charge is 0.353 e. The third-order valence-corrected chi connectivity index (χ3v) is 3.81. The topological polar surface area (TPSA) is 47.6 Å². The molecule has 18 heavy (non-hydrogen) atoms. The first-order valence-corrected chi connectivity index (χ1v) is 7.32. The Balaban J connectivity index is 1.67. The summed E-state index contributed by atoms with van der Waals surface area (Å²) in [5.41, 5.74) is 0. The molecule has 0 unspecified atom stereocenters. The van der Waals surface area contributed by atoms with Gasteiger partial charge in [0.25, 0.3) is 0 Å². The number of rotatable bonds is 5. The van der Waals surface area contributed by atoms with Gasteiger partial charge in [0.15, 0.2) is 5.79 Å². The monoisotopic (exact) mass is 255 g/mol. The van der Waals surface area contributed by atoms with Crippen molar-refractivity contribution in [2.24, 2.45) is 0 Å². The van der Waals surface area contributed by atoms with E-state index in [2.05, 4.69) is 12.2 Å². The zero-order chi connectivity index (χ0) is 12.8. The smallest absolute Gasteiger partial charge is 0.220 e. The average molecular weight is 255 g/mol. The molecule has 1 N–H and O–H groups in total. The SMILES string of the molecule is CCCCC(=O)NC[C@@H]1COC2(CCCCC2)O1. The molecule has 4 nitrogen and oxygen atoms in total. The van der Waals surface area contributed by atoms with Crippen LogP contribution in [-0.4, -0.2) is 30.9 Å². The molecule has 0 aromatic carbocycles. The molecule has 0 radical (unpaired) electrons. The second kappa shape index (κ2) is 6.53. The van der Waals surface area contributed by atoms with Gasteiger partial charge in [-0.2, -0.15) is 0 Å². The van der Waals surface area contributed by atoms with Gasteiger partial charge in [-0.3, -0.25) is 4.79 Å². The average Bonchev–Trinajstić information content (AvgIpc) is 2.78. The van der Waals surface area contributed by atoms with E-state index < -0.39 is 0 Å². The fraction of sp³-hybridized carbons (Fsp3) is 0.929. The van der Waals surface area contributed by atoms with Crippen molar-refractivity contribution in [1.82, 2.24) is 5.32 Å². The normalized spacial score (nSPS) is 26.4. The molecule has 1 heterocycles. The van der Waals surface area contributed by atoms with Crippen molar-refractivity contribution in [3.63, 3.8) is 0 Å². The van der Waals surface area contributed by atoms with Gasteiger partial charge < -0.3 is 14.8 Å². The molecule has 104 valence electrons. The summed E-state index contributed by atoms with van der Waals surface area (Å²) in [5.74, 6) is -0.193. The van der Waals surface area contributed by atoms with Crippen LogP contribution in [0.15, 0.2) is 0 Å². The number of ether oxygens (including phenoxy) is 2. The lowest BCUT2D eigenvalue weighted by Crippen LogP contribution is -2.37. The van der Waals surface area contributed by atoms with Gasteiger partial charge in [0.05, 0.1) is 6.61 Å². The molecule has 0 aromatic heterocycles. The molecule has 0 aromatic rings. The molecule has 1 spiro atoms. The van der Waals surface area contributed by atoms with Gasteiger partial charge >= 0.3 is 0 Å². The van der Waals surface area contributed by atoms with Crippen LogP contribution in [0.2, 0.25) is 0 Å². The number of unbranched alkanes of at least 4 members (excludes halogenated alkanes) is 1. The van der Waals surface area contributed by atoms with Crippen LogP contribution >= 0.6 is 0 Å². The van der Waals surface area contributed by atoms with Crippen molar-refractivity contribution < 1.29 is 14.3 Å². The second-order valence-electron chi connectivity index (χ2n) is 5.43. The molecule has 1 saturated carbocycles.